The smallest absolute Gasteiger partial charge is 0.244 e. The largest absolute Gasteiger partial charge is 0.507 e. The van der Waals surface area contributed by atoms with E-state index in [4.69, 9.17) is 0 Å². The summed E-state index contributed by atoms with van der Waals surface area (Å²) in [5.74, 6) is -0.0354. The molecule has 0 saturated carbocycles. The number of amides is 1. The van der Waals surface area contributed by atoms with Crippen LogP contribution in [0.5, 0.6) is 5.75 Å². The Labute approximate surface area is 150 Å². The molecule has 2 rings (SSSR count). The number of benzene rings is 2. The lowest BCUT2D eigenvalue weighted by atomic mass is 10.1. The van der Waals surface area contributed by atoms with Crippen LogP contribution in [0.2, 0.25) is 0 Å². The highest BCUT2D eigenvalue weighted by molar-refractivity contribution is 14.1. The van der Waals surface area contributed by atoms with Gasteiger partial charge in [0.15, 0.2) is 0 Å². The quantitative estimate of drug-likeness (QED) is 0.404. The number of halogens is 2. The van der Waals surface area contributed by atoms with Crippen LogP contribution in [-0.2, 0) is 11.2 Å². The van der Waals surface area contributed by atoms with Gasteiger partial charge < -0.3 is 5.11 Å². The highest BCUT2D eigenvalue weighted by atomic mass is 127. The predicted octanol–water partition coefficient (Wildman–Crippen LogP) is 3.76. The molecule has 0 heterocycles. The molecule has 0 bridgehead atoms. The molecule has 0 aromatic heterocycles. The van der Waals surface area contributed by atoms with Gasteiger partial charge in [0.1, 0.15) is 5.75 Å². The van der Waals surface area contributed by atoms with Gasteiger partial charge in [-0.3, -0.25) is 4.79 Å². The zero-order valence-electron chi connectivity index (χ0n) is 11.8. The van der Waals surface area contributed by atoms with Crippen molar-refractivity contribution in [2.45, 2.75) is 13.3 Å². The summed E-state index contributed by atoms with van der Waals surface area (Å²) < 4.78 is 1.97. The number of hydrazone groups is 1. The van der Waals surface area contributed by atoms with Crippen LogP contribution in [0.1, 0.15) is 16.7 Å². The third-order valence-electron chi connectivity index (χ3n) is 2.97. The van der Waals surface area contributed by atoms with E-state index in [2.05, 4.69) is 49.0 Å². The van der Waals surface area contributed by atoms with Crippen molar-refractivity contribution in [3.05, 3.63) is 61.1 Å². The predicted molar refractivity (Wildman–Crippen MR) is 99.1 cm³/mol. The zero-order valence-corrected chi connectivity index (χ0v) is 15.6. The summed E-state index contributed by atoms with van der Waals surface area (Å²) in [6, 6.07) is 11.2. The number of carbonyl (C=O) groups excluding carboxylic acids is 1. The Morgan fingerprint density at radius 2 is 2.05 bits per heavy atom. The van der Waals surface area contributed by atoms with Crippen molar-refractivity contribution in [1.82, 2.24) is 5.43 Å². The van der Waals surface area contributed by atoms with E-state index in [9.17, 15) is 9.90 Å². The molecule has 0 unspecified atom stereocenters. The first-order valence-electron chi connectivity index (χ1n) is 6.51. The van der Waals surface area contributed by atoms with Gasteiger partial charge in [0.2, 0.25) is 5.91 Å². The molecular weight excluding hydrogens is 459 g/mol. The fourth-order valence-corrected chi connectivity index (χ4v) is 2.93. The molecule has 2 aromatic carbocycles. The third-order valence-corrected chi connectivity index (χ3v) is 4.12. The van der Waals surface area contributed by atoms with Crippen LogP contribution in [0.3, 0.4) is 0 Å². The second kappa shape index (κ2) is 7.73. The molecule has 0 aliphatic heterocycles. The normalized spacial score (nSPS) is 10.9. The lowest BCUT2D eigenvalue weighted by Crippen LogP contribution is -2.19. The van der Waals surface area contributed by atoms with Crippen LogP contribution in [-0.4, -0.2) is 17.2 Å². The standard InChI is InChI=1S/C16H14BrIN2O2/c1-10-6-14(18)8-12(16(10)22)9-19-20-15(21)7-11-2-4-13(17)5-3-11/h2-6,8-9,22H,7H2,1H3,(H,20,21)/b19-9-. The summed E-state index contributed by atoms with van der Waals surface area (Å²) in [5.41, 5.74) is 4.72. The van der Waals surface area contributed by atoms with Gasteiger partial charge in [-0.2, -0.15) is 5.10 Å². The Morgan fingerprint density at radius 3 is 2.73 bits per heavy atom. The first kappa shape index (κ1) is 17.0. The van der Waals surface area contributed by atoms with E-state index >= 15 is 0 Å². The van der Waals surface area contributed by atoms with Crippen LogP contribution in [0.4, 0.5) is 0 Å². The minimum atomic E-state index is -0.208. The Balaban J connectivity index is 1.97. The van der Waals surface area contributed by atoms with E-state index in [1.807, 2.05) is 37.3 Å². The first-order valence-corrected chi connectivity index (χ1v) is 8.38. The van der Waals surface area contributed by atoms with E-state index in [1.54, 1.807) is 6.07 Å². The summed E-state index contributed by atoms with van der Waals surface area (Å²) in [4.78, 5) is 11.8. The van der Waals surface area contributed by atoms with Gasteiger partial charge in [0.05, 0.1) is 12.6 Å². The highest BCUT2D eigenvalue weighted by Gasteiger charge is 2.05. The van der Waals surface area contributed by atoms with Crippen LogP contribution < -0.4 is 5.43 Å². The number of nitrogens with one attached hydrogen (secondary N) is 1. The summed E-state index contributed by atoms with van der Waals surface area (Å²) in [6.07, 6.45) is 1.70. The number of rotatable bonds is 4. The number of carbonyl (C=O) groups is 1. The fraction of sp³-hybridized carbons (Fsp3) is 0.125. The van der Waals surface area contributed by atoms with Crippen molar-refractivity contribution < 1.29 is 9.90 Å². The minimum absolute atomic E-state index is 0.173. The van der Waals surface area contributed by atoms with Crippen molar-refractivity contribution in [2.24, 2.45) is 5.10 Å². The first-order chi connectivity index (χ1) is 10.5. The zero-order chi connectivity index (χ0) is 16.1. The summed E-state index contributed by atoms with van der Waals surface area (Å²) in [5, 5.41) is 13.8. The van der Waals surface area contributed by atoms with Crippen LogP contribution in [0.15, 0.2) is 46.0 Å². The Kier molecular flexibility index (Phi) is 5.96. The van der Waals surface area contributed by atoms with Gasteiger partial charge in [0, 0.05) is 13.6 Å². The second-order valence-corrected chi connectivity index (χ2v) is 6.92. The molecular formula is C16H14BrIN2O2. The fourth-order valence-electron chi connectivity index (χ4n) is 1.86. The highest BCUT2D eigenvalue weighted by Crippen LogP contribution is 2.23. The number of aromatic hydroxyl groups is 1. The van der Waals surface area contributed by atoms with E-state index < -0.39 is 0 Å². The number of phenols is 1. The molecule has 0 radical (unpaired) electrons. The lowest BCUT2D eigenvalue weighted by Gasteiger charge is -2.04. The number of nitrogens with zero attached hydrogens (tertiary/aromatic N) is 1. The van der Waals surface area contributed by atoms with E-state index in [-0.39, 0.29) is 18.1 Å². The molecule has 2 N–H and O–H groups in total. The van der Waals surface area contributed by atoms with Gasteiger partial charge in [-0.05, 0) is 64.9 Å². The number of phenolic OH excluding ortho intramolecular Hbond substituents is 1. The third kappa shape index (κ3) is 4.81. The van der Waals surface area contributed by atoms with Gasteiger partial charge in [-0.1, -0.05) is 28.1 Å². The Bertz CT molecular complexity index is 715. The monoisotopic (exact) mass is 472 g/mol. The molecule has 0 spiro atoms. The second-order valence-electron chi connectivity index (χ2n) is 4.76. The topological polar surface area (TPSA) is 61.7 Å². The molecule has 0 atom stereocenters. The van der Waals surface area contributed by atoms with Gasteiger partial charge in [-0.15, -0.1) is 0 Å². The lowest BCUT2D eigenvalue weighted by molar-refractivity contribution is -0.120. The summed E-state index contributed by atoms with van der Waals surface area (Å²) in [6.45, 7) is 1.82. The van der Waals surface area contributed by atoms with E-state index in [1.165, 1.54) is 6.21 Å². The molecule has 0 saturated heterocycles. The average molecular weight is 473 g/mol. The maximum Gasteiger partial charge on any atom is 0.244 e. The number of hydrogen-bond acceptors (Lipinski definition) is 3. The molecule has 1 amide bonds. The van der Waals surface area contributed by atoms with Gasteiger partial charge in [-0.25, -0.2) is 5.43 Å². The van der Waals surface area contributed by atoms with Crippen molar-refractivity contribution in [1.29, 1.82) is 0 Å². The minimum Gasteiger partial charge on any atom is -0.507 e. The molecule has 114 valence electrons. The molecule has 2 aromatic rings. The Morgan fingerprint density at radius 1 is 1.36 bits per heavy atom. The summed E-state index contributed by atoms with van der Waals surface area (Å²) >= 11 is 5.52. The SMILES string of the molecule is Cc1cc(I)cc(/C=N\NC(=O)Cc2ccc(Br)cc2)c1O. The summed E-state index contributed by atoms with van der Waals surface area (Å²) in [7, 11) is 0. The van der Waals surface area contributed by atoms with Crippen LogP contribution in [0.25, 0.3) is 0 Å². The van der Waals surface area contributed by atoms with E-state index in [0.717, 1.165) is 19.2 Å². The molecule has 0 fully saturated rings. The maximum absolute atomic E-state index is 11.8. The molecule has 0 aliphatic rings. The molecule has 6 heteroatoms. The van der Waals surface area contributed by atoms with Crippen LogP contribution in [0, 0.1) is 10.5 Å². The molecule has 0 aliphatic carbocycles. The average Bonchev–Trinajstić information content (AvgIpc) is 2.46. The Hall–Kier alpha value is -1.41. The van der Waals surface area contributed by atoms with Crippen molar-refractivity contribution in [3.8, 4) is 5.75 Å². The van der Waals surface area contributed by atoms with Gasteiger partial charge in [0.25, 0.3) is 0 Å². The van der Waals surface area contributed by atoms with Crippen LogP contribution >= 0.6 is 38.5 Å². The number of hydrogen-bond donors (Lipinski definition) is 2. The van der Waals surface area contributed by atoms with Crippen molar-refractivity contribution in [3.63, 3.8) is 0 Å². The number of aryl methyl sites for hydroxylation is 1. The molecule has 4 nitrogen and oxygen atoms in total. The maximum atomic E-state index is 11.8. The van der Waals surface area contributed by atoms with Crippen molar-refractivity contribution in [2.75, 3.05) is 0 Å². The van der Waals surface area contributed by atoms with Crippen molar-refractivity contribution >= 4 is 50.6 Å². The van der Waals surface area contributed by atoms with Gasteiger partial charge >= 0.3 is 0 Å². The molecule has 22 heavy (non-hydrogen) atoms. The van der Waals surface area contributed by atoms with E-state index in [0.29, 0.717) is 5.56 Å².